The molecule has 8 heteroatoms. The summed E-state index contributed by atoms with van der Waals surface area (Å²) in [5, 5.41) is 16.6. The van der Waals surface area contributed by atoms with E-state index in [0.29, 0.717) is 6.04 Å². The molecule has 4 heterocycles. The van der Waals surface area contributed by atoms with E-state index in [1.165, 1.54) is 0 Å². The van der Waals surface area contributed by atoms with Crippen LogP contribution in [0.15, 0.2) is 22.9 Å². The fourth-order valence-corrected chi connectivity index (χ4v) is 2.84. The Labute approximate surface area is 133 Å². The quantitative estimate of drug-likeness (QED) is 0.712. The van der Waals surface area contributed by atoms with Gasteiger partial charge in [-0.3, -0.25) is 4.90 Å². The van der Waals surface area contributed by atoms with E-state index < -0.39 is 0 Å². The summed E-state index contributed by atoms with van der Waals surface area (Å²) in [6.07, 6.45) is 1.80. The monoisotopic (exact) mass is 313 g/mol. The first-order valence-electron chi connectivity index (χ1n) is 7.66. The first-order valence-corrected chi connectivity index (χ1v) is 7.66. The lowest BCUT2D eigenvalue weighted by Gasteiger charge is -2.44. The van der Waals surface area contributed by atoms with Gasteiger partial charge in [0.15, 0.2) is 11.5 Å². The molecule has 0 unspecified atom stereocenters. The van der Waals surface area contributed by atoms with Gasteiger partial charge in [0.1, 0.15) is 11.6 Å². The summed E-state index contributed by atoms with van der Waals surface area (Å²) in [4.78, 5) is 4.60. The molecule has 0 saturated carbocycles. The van der Waals surface area contributed by atoms with Crippen molar-refractivity contribution in [3.05, 3.63) is 35.5 Å². The van der Waals surface area contributed by atoms with Crippen molar-refractivity contribution < 1.29 is 4.52 Å². The number of anilines is 1. The van der Waals surface area contributed by atoms with Crippen molar-refractivity contribution in [1.29, 1.82) is 0 Å². The number of nitrogens with zero attached hydrogens (tertiary/aromatic N) is 7. The van der Waals surface area contributed by atoms with Gasteiger partial charge in [0.2, 0.25) is 0 Å². The van der Waals surface area contributed by atoms with Gasteiger partial charge in [-0.2, -0.15) is 4.52 Å². The van der Waals surface area contributed by atoms with Crippen molar-refractivity contribution in [1.82, 2.24) is 29.9 Å². The van der Waals surface area contributed by atoms with E-state index in [9.17, 15) is 0 Å². The van der Waals surface area contributed by atoms with Crippen LogP contribution < -0.4 is 4.90 Å². The summed E-state index contributed by atoms with van der Waals surface area (Å²) < 4.78 is 6.90. The molecule has 1 fully saturated rings. The van der Waals surface area contributed by atoms with E-state index in [2.05, 4.69) is 37.3 Å². The molecule has 3 aromatic rings. The minimum atomic E-state index is 0.504. The molecule has 0 radical (unpaired) electrons. The Balaban J connectivity index is 1.42. The zero-order chi connectivity index (χ0) is 16.0. The smallest absolute Gasteiger partial charge is 0.178 e. The molecule has 0 N–H and O–H groups in total. The lowest BCUT2D eigenvalue weighted by molar-refractivity contribution is 0.195. The maximum atomic E-state index is 5.12. The molecule has 0 aliphatic carbocycles. The topological polar surface area (TPSA) is 75.6 Å². The van der Waals surface area contributed by atoms with Gasteiger partial charge in [-0.25, -0.2) is 0 Å². The molecule has 0 spiro atoms. The Bertz CT molecular complexity index is 833. The molecule has 1 aliphatic heterocycles. The van der Waals surface area contributed by atoms with Crippen LogP contribution in [0, 0.1) is 13.8 Å². The van der Waals surface area contributed by atoms with E-state index >= 15 is 0 Å². The molecule has 23 heavy (non-hydrogen) atoms. The molecule has 120 valence electrons. The predicted octanol–water partition coefficient (Wildman–Crippen LogP) is 1.05. The van der Waals surface area contributed by atoms with Crippen LogP contribution in [0.25, 0.3) is 5.65 Å². The summed E-state index contributed by atoms with van der Waals surface area (Å²) in [5.74, 6) is 2.66. The van der Waals surface area contributed by atoms with Crippen LogP contribution >= 0.6 is 0 Å². The van der Waals surface area contributed by atoms with Gasteiger partial charge in [-0.15, -0.1) is 15.3 Å². The SMILES string of the molecule is Cc1oncc1CN(C)C1CN(c2ccc3nnc(C)n3n2)C1. The van der Waals surface area contributed by atoms with Crippen LogP contribution in [0.3, 0.4) is 0 Å². The van der Waals surface area contributed by atoms with Gasteiger partial charge in [0, 0.05) is 31.2 Å². The second-order valence-electron chi connectivity index (χ2n) is 6.09. The molecule has 3 aromatic heterocycles. The van der Waals surface area contributed by atoms with E-state index in [1.807, 2.05) is 26.0 Å². The molecular weight excluding hydrogens is 294 g/mol. The number of likely N-dealkylation sites (N-methyl/N-ethyl adjacent to an activating group) is 1. The molecule has 1 aliphatic rings. The third-order valence-electron chi connectivity index (χ3n) is 4.48. The zero-order valence-electron chi connectivity index (χ0n) is 13.5. The summed E-state index contributed by atoms with van der Waals surface area (Å²) >= 11 is 0. The summed E-state index contributed by atoms with van der Waals surface area (Å²) in [7, 11) is 2.13. The van der Waals surface area contributed by atoms with Crippen LogP contribution in [-0.4, -0.2) is 56.0 Å². The second-order valence-corrected chi connectivity index (χ2v) is 6.09. The summed E-state index contributed by atoms with van der Waals surface area (Å²) in [5.41, 5.74) is 1.92. The Kier molecular flexibility index (Phi) is 3.26. The average molecular weight is 313 g/mol. The highest BCUT2D eigenvalue weighted by Crippen LogP contribution is 2.23. The largest absolute Gasteiger partial charge is 0.361 e. The Morgan fingerprint density at radius 2 is 2.09 bits per heavy atom. The van der Waals surface area contributed by atoms with Crippen molar-refractivity contribution >= 4 is 11.5 Å². The molecule has 0 atom stereocenters. The van der Waals surface area contributed by atoms with Crippen molar-refractivity contribution in [2.24, 2.45) is 0 Å². The maximum absolute atomic E-state index is 5.12. The minimum absolute atomic E-state index is 0.504. The Hall–Kier alpha value is -2.48. The highest BCUT2D eigenvalue weighted by atomic mass is 16.5. The van der Waals surface area contributed by atoms with Crippen LogP contribution in [0.1, 0.15) is 17.1 Å². The second kappa shape index (κ2) is 5.31. The fraction of sp³-hybridized carbons (Fsp3) is 0.467. The predicted molar refractivity (Wildman–Crippen MR) is 84.2 cm³/mol. The van der Waals surface area contributed by atoms with Crippen molar-refractivity contribution in [3.63, 3.8) is 0 Å². The van der Waals surface area contributed by atoms with E-state index in [4.69, 9.17) is 4.52 Å². The standard InChI is InChI=1S/C15H19N7O/c1-10-12(6-16-23-10)7-20(3)13-8-21(9-13)15-5-4-14-18-17-11(2)22(14)19-15/h4-6,13H,7-9H2,1-3H3. The van der Waals surface area contributed by atoms with Crippen molar-refractivity contribution in [2.75, 3.05) is 25.0 Å². The van der Waals surface area contributed by atoms with Gasteiger partial charge in [-0.1, -0.05) is 5.16 Å². The number of hydrogen-bond acceptors (Lipinski definition) is 7. The third-order valence-corrected chi connectivity index (χ3v) is 4.48. The lowest BCUT2D eigenvalue weighted by atomic mass is 10.1. The first kappa shape index (κ1) is 14.1. The number of aryl methyl sites for hydroxylation is 2. The van der Waals surface area contributed by atoms with Crippen molar-refractivity contribution in [3.8, 4) is 0 Å². The fourth-order valence-electron chi connectivity index (χ4n) is 2.84. The maximum Gasteiger partial charge on any atom is 0.178 e. The molecular formula is C15H19N7O. The lowest BCUT2D eigenvalue weighted by Crippen LogP contribution is -2.58. The van der Waals surface area contributed by atoms with E-state index in [-0.39, 0.29) is 0 Å². The van der Waals surface area contributed by atoms with E-state index in [1.54, 1.807) is 10.7 Å². The first-order chi connectivity index (χ1) is 11.1. The summed E-state index contributed by atoms with van der Waals surface area (Å²) in [6, 6.07) is 4.47. The molecule has 0 aromatic carbocycles. The number of hydrogen-bond donors (Lipinski definition) is 0. The van der Waals surface area contributed by atoms with Crippen molar-refractivity contribution in [2.45, 2.75) is 26.4 Å². The van der Waals surface area contributed by atoms with Gasteiger partial charge < -0.3 is 9.42 Å². The minimum Gasteiger partial charge on any atom is -0.361 e. The van der Waals surface area contributed by atoms with E-state index in [0.717, 1.165) is 48.2 Å². The Morgan fingerprint density at radius 3 is 2.83 bits per heavy atom. The van der Waals surface area contributed by atoms with Gasteiger partial charge >= 0.3 is 0 Å². The third kappa shape index (κ3) is 2.44. The van der Waals surface area contributed by atoms with Crippen LogP contribution in [0.4, 0.5) is 5.82 Å². The van der Waals surface area contributed by atoms with Crippen LogP contribution in [0.5, 0.6) is 0 Å². The molecule has 1 saturated heterocycles. The van der Waals surface area contributed by atoms with Crippen LogP contribution in [0.2, 0.25) is 0 Å². The Morgan fingerprint density at radius 1 is 1.26 bits per heavy atom. The average Bonchev–Trinajstić information content (AvgIpc) is 3.05. The number of aromatic nitrogens is 5. The molecule has 0 amide bonds. The van der Waals surface area contributed by atoms with Crippen LogP contribution in [-0.2, 0) is 6.54 Å². The van der Waals surface area contributed by atoms with Gasteiger partial charge in [0.05, 0.1) is 6.20 Å². The number of rotatable bonds is 4. The molecule has 8 nitrogen and oxygen atoms in total. The molecule has 0 bridgehead atoms. The van der Waals surface area contributed by atoms with Gasteiger partial charge in [-0.05, 0) is 33.0 Å². The zero-order valence-corrected chi connectivity index (χ0v) is 13.5. The highest BCUT2D eigenvalue weighted by molar-refractivity contribution is 5.47. The number of fused-ring (bicyclic) bond motifs is 1. The highest BCUT2D eigenvalue weighted by Gasteiger charge is 2.31. The normalized spacial score (nSPS) is 15.6. The van der Waals surface area contributed by atoms with Gasteiger partial charge in [0.25, 0.3) is 0 Å². The molecule has 4 rings (SSSR count). The summed E-state index contributed by atoms with van der Waals surface area (Å²) in [6.45, 7) is 6.63.